The van der Waals surface area contributed by atoms with Gasteiger partial charge in [0.25, 0.3) is 0 Å². The van der Waals surface area contributed by atoms with Crippen LogP contribution in [-0.4, -0.2) is 45.8 Å². The molecule has 118 valence electrons. The molecule has 1 atom stereocenters. The van der Waals surface area contributed by atoms with Gasteiger partial charge in [-0.2, -0.15) is 10.1 Å². The number of aromatic amines is 1. The summed E-state index contributed by atoms with van der Waals surface area (Å²) >= 11 is 0. The Morgan fingerprint density at radius 2 is 2.26 bits per heavy atom. The summed E-state index contributed by atoms with van der Waals surface area (Å²) in [6.07, 6.45) is 3.61. The van der Waals surface area contributed by atoms with Crippen LogP contribution in [0.3, 0.4) is 0 Å². The Labute approximate surface area is 134 Å². The second kappa shape index (κ2) is 5.85. The molecule has 3 N–H and O–H groups in total. The van der Waals surface area contributed by atoms with Crippen LogP contribution in [0, 0.1) is 0 Å². The summed E-state index contributed by atoms with van der Waals surface area (Å²) in [4.78, 5) is 11.3. The predicted octanol–water partition coefficient (Wildman–Crippen LogP) is 1.89. The molecule has 1 unspecified atom stereocenters. The molecule has 7 heteroatoms. The predicted molar refractivity (Wildman–Crippen MR) is 91.1 cm³/mol. The SMILES string of the molecule is CC1CN(c2nccc(Nc3ccc4[nH]ncc4c3)n2)CCN1. The lowest BCUT2D eigenvalue weighted by atomic mass is 10.2. The third-order valence-electron chi connectivity index (χ3n) is 4.01. The second-order valence-corrected chi connectivity index (χ2v) is 5.84. The number of aromatic nitrogens is 4. The smallest absolute Gasteiger partial charge is 0.227 e. The van der Waals surface area contributed by atoms with E-state index in [1.165, 1.54) is 0 Å². The Morgan fingerprint density at radius 1 is 1.30 bits per heavy atom. The van der Waals surface area contributed by atoms with Gasteiger partial charge in [-0.3, -0.25) is 5.10 Å². The van der Waals surface area contributed by atoms with Gasteiger partial charge < -0.3 is 15.5 Å². The number of fused-ring (bicyclic) bond motifs is 1. The lowest BCUT2D eigenvalue weighted by Gasteiger charge is -2.31. The molecule has 0 saturated carbocycles. The molecule has 2 aromatic heterocycles. The van der Waals surface area contributed by atoms with Crippen molar-refractivity contribution in [2.45, 2.75) is 13.0 Å². The number of nitrogens with zero attached hydrogens (tertiary/aromatic N) is 4. The minimum atomic E-state index is 0.451. The lowest BCUT2D eigenvalue weighted by molar-refractivity contribution is 0.479. The lowest BCUT2D eigenvalue weighted by Crippen LogP contribution is -2.49. The maximum Gasteiger partial charge on any atom is 0.227 e. The molecule has 0 bridgehead atoms. The molecule has 7 nitrogen and oxygen atoms in total. The normalized spacial score (nSPS) is 18.3. The van der Waals surface area contributed by atoms with Crippen molar-refractivity contribution in [2.24, 2.45) is 0 Å². The minimum Gasteiger partial charge on any atom is -0.340 e. The molecule has 0 radical (unpaired) electrons. The highest BCUT2D eigenvalue weighted by molar-refractivity contribution is 5.82. The molecule has 1 aliphatic heterocycles. The van der Waals surface area contributed by atoms with Gasteiger partial charge in [0, 0.05) is 42.9 Å². The summed E-state index contributed by atoms with van der Waals surface area (Å²) in [6.45, 7) is 4.98. The maximum absolute atomic E-state index is 4.65. The van der Waals surface area contributed by atoms with E-state index in [-0.39, 0.29) is 0 Å². The van der Waals surface area contributed by atoms with Crippen molar-refractivity contribution in [1.82, 2.24) is 25.5 Å². The van der Waals surface area contributed by atoms with Gasteiger partial charge >= 0.3 is 0 Å². The van der Waals surface area contributed by atoms with Crippen LogP contribution in [0.2, 0.25) is 0 Å². The monoisotopic (exact) mass is 309 g/mol. The maximum atomic E-state index is 4.65. The van der Waals surface area contributed by atoms with Crippen LogP contribution in [0.5, 0.6) is 0 Å². The van der Waals surface area contributed by atoms with Gasteiger partial charge in [-0.25, -0.2) is 4.98 Å². The largest absolute Gasteiger partial charge is 0.340 e. The molecule has 3 aromatic rings. The number of nitrogens with one attached hydrogen (secondary N) is 3. The zero-order valence-electron chi connectivity index (χ0n) is 13.0. The summed E-state index contributed by atoms with van der Waals surface area (Å²) in [6, 6.07) is 8.40. The van der Waals surface area contributed by atoms with Crippen LogP contribution in [0.15, 0.2) is 36.7 Å². The van der Waals surface area contributed by atoms with Gasteiger partial charge in [0.2, 0.25) is 5.95 Å². The molecule has 0 aliphatic carbocycles. The van der Waals surface area contributed by atoms with Crippen LogP contribution < -0.4 is 15.5 Å². The second-order valence-electron chi connectivity index (χ2n) is 5.84. The molecule has 23 heavy (non-hydrogen) atoms. The third kappa shape index (κ3) is 2.95. The Balaban J connectivity index is 1.55. The van der Waals surface area contributed by atoms with Crippen molar-refractivity contribution in [1.29, 1.82) is 0 Å². The number of H-pyrrole nitrogens is 1. The minimum absolute atomic E-state index is 0.451. The highest BCUT2D eigenvalue weighted by atomic mass is 15.3. The standard InChI is InChI=1S/C16H19N7/c1-11-10-23(7-6-17-11)16-18-5-4-15(21-16)20-13-2-3-14-12(8-13)9-19-22-14/h2-5,8-9,11,17H,6-7,10H2,1H3,(H,19,22)(H,18,20,21). The molecule has 1 aliphatic rings. The topological polar surface area (TPSA) is 81.8 Å². The first-order chi connectivity index (χ1) is 11.3. The average Bonchev–Trinajstić information content (AvgIpc) is 3.03. The van der Waals surface area contributed by atoms with Gasteiger partial charge in [0.1, 0.15) is 5.82 Å². The first-order valence-corrected chi connectivity index (χ1v) is 7.79. The van der Waals surface area contributed by atoms with E-state index < -0.39 is 0 Å². The number of piperazine rings is 1. The summed E-state index contributed by atoms with van der Waals surface area (Å²) in [5, 5.41) is 14.8. The number of anilines is 3. The fourth-order valence-electron chi connectivity index (χ4n) is 2.85. The fourth-order valence-corrected chi connectivity index (χ4v) is 2.85. The van der Waals surface area contributed by atoms with Gasteiger partial charge in [-0.15, -0.1) is 0 Å². The summed E-state index contributed by atoms with van der Waals surface area (Å²) < 4.78 is 0. The Hall–Kier alpha value is -2.67. The van der Waals surface area contributed by atoms with Crippen molar-refractivity contribution < 1.29 is 0 Å². The van der Waals surface area contributed by atoms with E-state index in [0.717, 1.165) is 48.0 Å². The third-order valence-corrected chi connectivity index (χ3v) is 4.01. The van der Waals surface area contributed by atoms with E-state index in [4.69, 9.17) is 0 Å². The van der Waals surface area contributed by atoms with E-state index in [1.807, 2.05) is 30.5 Å². The van der Waals surface area contributed by atoms with E-state index in [2.05, 4.69) is 42.6 Å². The quantitative estimate of drug-likeness (QED) is 0.685. The average molecular weight is 309 g/mol. The molecule has 1 saturated heterocycles. The first-order valence-electron chi connectivity index (χ1n) is 7.79. The molecule has 4 rings (SSSR count). The molecule has 1 aromatic carbocycles. The van der Waals surface area contributed by atoms with Gasteiger partial charge in [0.05, 0.1) is 11.7 Å². The molecular weight excluding hydrogens is 290 g/mol. The summed E-state index contributed by atoms with van der Waals surface area (Å²) in [5.41, 5.74) is 2.01. The van der Waals surface area contributed by atoms with Gasteiger partial charge in [-0.05, 0) is 31.2 Å². The van der Waals surface area contributed by atoms with Gasteiger partial charge in [0.15, 0.2) is 0 Å². The van der Waals surface area contributed by atoms with Crippen molar-refractivity contribution in [3.8, 4) is 0 Å². The molecular formula is C16H19N7. The van der Waals surface area contributed by atoms with Crippen molar-refractivity contribution in [3.63, 3.8) is 0 Å². The summed E-state index contributed by atoms with van der Waals surface area (Å²) in [5.74, 6) is 1.57. The Kier molecular flexibility index (Phi) is 3.55. The molecule has 1 fully saturated rings. The zero-order chi connectivity index (χ0) is 15.6. The Bertz CT molecular complexity index is 813. The Morgan fingerprint density at radius 3 is 3.17 bits per heavy atom. The number of benzene rings is 1. The van der Waals surface area contributed by atoms with Crippen molar-refractivity contribution in [2.75, 3.05) is 29.9 Å². The van der Waals surface area contributed by atoms with Crippen LogP contribution in [-0.2, 0) is 0 Å². The first kappa shape index (κ1) is 14.0. The number of rotatable bonds is 3. The molecule has 3 heterocycles. The van der Waals surface area contributed by atoms with E-state index in [0.29, 0.717) is 6.04 Å². The number of hydrogen-bond donors (Lipinski definition) is 3. The van der Waals surface area contributed by atoms with Crippen LogP contribution in [0.4, 0.5) is 17.5 Å². The van der Waals surface area contributed by atoms with Crippen LogP contribution in [0.1, 0.15) is 6.92 Å². The fraction of sp³-hybridized carbons (Fsp3) is 0.312. The van der Waals surface area contributed by atoms with E-state index >= 15 is 0 Å². The van der Waals surface area contributed by atoms with Crippen molar-refractivity contribution in [3.05, 3.63) is 36.7 Å². The van der Waals surface area contributed by atoms with Gasteiger partial charge in [-0.1, -0.05) is 0 Å². The molecule has 0 amide bonds. The van der Waals surface area contributed by atoms with Crippen LogP contribution >= 0.6 is 0 Å². The number of hydrogen-bond acceptors (Lipinski definition) is 6. The highest BCUT2D eigenvalue weighted by Gasteiger charge is 2.18. The van der Waals surface area contributed by atoms with Crippen LogP contribution in [0.25, 0.3) is 10.9 Å². The zero-order valence-corrected chi connectivity index (χ0v) is 13.0. The molecule has 0 spiro atoms. The highest BCUT2D eigenvalue weighted by Crippen LogP contribution is 2.21. The summed E-state index contributed by atoms with van der Waals surface area (Å²) in [7, 11) is 0. The van der Waals surface area contributed by atoms with Crippen molar-refractivity contribution >= 4 is 28.4 Å². The van der Waals surface area contributed by atoms with E-state index in [9.17, 15) is 0 Å². The van der Waals surface area contributed by atoms with E-state index in [1.54, 1.807) is 6.20 Å².